The molecule has 94 valence electrons. The Hall–Kier alpha value is -1.68. The molecule has 1 saturated heterocycles. The molecule has 1 aliphatic rings. The lowest BCUT2D eigenvalue weighted by molar-refractivity contribution is 0.0997. The summed E-state index contributed by atoms with van der Waals surface area (Å²) in [5.41, 5.74) is 1.95. The van der Waals surface area contributed by atoms with Gasteiger partial charge in [-0.25, -0.2) is 0 Å². The fourth-order valence-electron chi connectivity index (χ4n) is 2.46. The molecule has 4 nitrogen and oxygen atoms in total. The Kier molecular flexibility index (Phi) is 3.11. The number of hydrogen-bond donors (Lipinski definition) is 1. The van der Waals surface area contributed by atoms with Gasteiger partial charge >= 0.3 is 0 Å². The van der Waals surface area contributed by atoms with E-state index in [-0.39, 0.29) is 0 Å². The molecule has 1 N–H and O–H groups in total. The van der Waals surface area contributed by atoms with Crippen molar-refractivity contribution in [3.8, 4) is 0 Å². The predicted molar refractivity (Wildman–Crippen MR) is 71.6 cm³/mol. The van der Waals surface area contributed by atoms with Gasteiger partial charge in [0.15, 0.2) is 0 Å². The molecule has 2 aromatic rings. The van der Waals surface area contributed by atoms with Crippen LogP contribution in [0, 0.1) is 0 Å². The topological polar surface area (TPSA) is 47.0 Å². The summed E-state index contributed by atoms with van der Waals surface area (Å²) < 4.78 is 5.70. The molecular formula is C14H17N3O. The van der Waals surface area contributed by atoms with E-state index in [1.165, 1.54) is 0 Å². The molecule has 2 heterocycles. The van der Waals surface area contributed by atoms with Crippen LogP contribution >= 0.6 is 0 Å². The minimum atomic E-state index is 0.292. The third kappa shape index (κ3) is 2.16. The normalized spacial score (nSPS) is 21.1. The van der Waals surface area contributed by atoms with E-state index in [4.69, 9.17) is 4.74 Å². The standard InChI is InChI=1S/C14H17N3O/c1-10(14-7-4-8-18-14)16-13-9-15-17-12-6-3-2-5-11(12)13/h2-3,5-6,9-10,14H,4,7-8H2,1H3,(H,16,17). The second-order valence-electron chi connectivity index (χ2n) is 4.76. The van der Waals surface area contributed by atoms with E-state index in [2.05, 4.69) is 28.5 Å². The Labute approximate surface area is 106 Å². The van der Waals surface area contributed by atoms with Crippen molar-refractivity contribution in [3.05, 3.63) is 30.5 Å². The van der Waals surface area contributed by atoms with Gasteiger partial charge in [-0.2, -0.15) is 10.2 Å². The third-order valence-electron chi connectivity index (χ3n) is 3.45. The summed E-state index contributed by atoms with van der Waals surface area (Å²) in [5.74, 6) is 0. The molecule has 18 heavy (non-hydrogen) atoms. The number of nitrogens with zero attached hydrogens (tertiary/aromatic N) is 2. The number of anilines is 1. The predicted octanol–water partition coefficient (Wildman–Crippen LogP) is 2.61. The Morgan fingerprint density at radius 3 is 3.11 bits per heavy atom. The Morgan fingerprint density at radius 2 is 2.28 bits per heavy atom. The molecule has 0 bridgehead atoms. The first-order valence-corrected chi connectivity index (χ1v) is 6.43. The summed E-state index contributed by atoms with van der Waals surface area (Å²) in [6.07, 6.45) is 4.38. The molecule has 1 aromatic heterocycles. The molecule has 1 aromatic carbocycles. The summed E-state index contributed by atoms with van der Waals surface area (Å²) in [7, 11) is 0. The molecule has 1 aliphatic heterocycles. The van der Waals surface area contributed by atoms with E-state index in [1.807, 2.05) is 18.2 Å². The van der Waals surface area contributed by atoms with Gasteiger partial charge in [0.05, 0.1) is 23.5 Å². The molecule has 1 fully saturated rings. The van der Waals surface area contributed by atoms with Crippen molar-refractivity contribution in [3.63, 3.8) is 0 Å². The second kappa shape index (κ2) is 4.90. The van der Waals surface area contributed by atoms with Crippen LogP contribution in [0.25, 0.3) is 10.9 Å². The smallest absolute Gasteiger partial charge is 0.0950 e. The quantitative estimate of drug-likeness (QED) is 0.900. The van der Waals surface area contributed by atoms with Gasteiger partial charge in [-0.3, -0.25) is 0 Å². The summed E-state index contributed by atoms with van der Waals surface area (Å²) in [4.78, 5) is 0. The molecule has 0 amide bonds. The summed E-state index contributed by atoms with van der Waals surface area (Å²) in [6, 6.07) is 8.33. The number of nitrogens with one attached hydrogen (secondary N) is 1. The van der Waals surface area contributed by atoms with Gasteiger partial charge in [-0.15, -0.1) is 0 Å². The summed E-state index contributed by atoms with van der Waals surface area (Å²) in [6.45, 7) is 3.04. The van der Waals surface area contributed by atoms with Crippen LogP contribution in [0.3, 0.4) is 0 Å². The average molecular weight is 243 g/mol. The van der Waals surface area contributed by atoms with Gasteiger partial charge in [-0.1, -0.05) is 18.2 Å². The van der Waals surface area contributed by atoms with Crippen molar-refractivity contribution in [2.45, 2.75) is 31.9 Å². The van der Waals surface area contributed by atoms with Gasteiger partial charge < -0.3 is 10.1 Å². The lowest BCUT2D eigenvalue weighted by Crippen LogP contribution is -2.30. The van der Waals surface area contributed by atoms with Crippen LogP contribution in [0.1, 0.15) is 19.8 Å². The number of fused-ring (bicyclic) bond motifs is 1. The van der Waals surface area contributed by atoms with Gasteiger partial charge in [0.2, 0.25) is 0 Å². The third-order valence-corrected chi connectivity index (χ3v) is 3.45. The first kappa shape index (κ1) is 11.4. The fourth-order valence-corrected chi connectivity index (χ4v) is 2.46. The molecule has 0 spiro atoms. The van der Waals surface area contributed by atoms with Crippen LogP contribution in [-0.4, -0.2) is 29.0 Å². The zero-order chi connectivity index (χ0) is 12.4. The Bertz CT molecular complexity index is 532. The molecule has 2 unspecified atom stereocenters. The van der Waals surface area contributed by atoms with Crippen LogP contribution in [0.4, 0.5) is 5.69 Å². The second-order valence-corrected chi connectivity index (χ2v) is 4.76. The van der Waals surface area contributed by atoms with E-state index in [0.717, 1.165) is 36.0 Å². The van der Waals surface area contributed by atoms with Crippen molar-refractivity contribution in [1.82, 2.24) is 10.2 Å². The van der Waals surface area contributed by atoms with Gasteiger partial charge in [0.1, 0.15) is 0 Å². The molecule has 0 saturated carbocycles. The Morgan fingerprint density at radius 1 is 1.39 bits per heavy atom. The minimum absolute atomic E-state index is 0.292. The number of aromatic nitrogens is 2. The molecule has 0 radical (unpaired) electrons. The highest BCUT2D eigenvalue weighted by atomic mass is 16.5. The van der Waals surface area contributed by atoms with Crippen molar-refractivity contribution < 1.29 is 4.74 Å². The van der Waals surface area contributed by atoms with Crippen LogP contribution < -0.4 is 5.32 Å². The first-order chi connectivity index (χ1) is 8.84. The summed E-state index contributed by atoms with van der Waals surface area (Å²) >= 11 is 0. The summed E-state index contributed by atoms with van der Waals surface area (Å²) in [5, 5.41) is 12.8. The molecule has 0 aliphatic carbocycles. The van der Waals surface area contributed by atoms with Gasteiger partial charge in [-0.05, 0) is 25.8 Å². The van der Waals surface area contributed by atoms with Crippen molar-refractivity contribution in [1.29, 1.82) is 0 Å². The maximum Gasteiger partial charge on any atom is 0.0950 e. The van der Waals surface area contributed by atoms with E-state index in [1.54, 1.807) is 6.20 Å². The number of rotatable bonds is 3. The number of hydrogen-bond acceptors (Lipinski definition) is 4. The lowest BCUT2D eigenvalue weighted by Gasteiger charge is -2.21. The first-order valence-electron chi connectivity index (χ1n) is 6.43. The maximum atomic E-state index is 5.70. The SMILES string of the molecule is CC(Nc1cnnc2ccccc12)C1CCCO1. The highest BCUT2D eigenvalue weighted by Gasteiger charge is 2.22. The van der Waals surface area contributed by atoms with E-state index in [0.29, 0.717) is 12.1 Å². The minimum Gasteiger partial charge on any atom is -0.378 e. The van der Waals surface area contributed by atoms with Gasteiger partial charge in [0.25, 0.3) is 0 Å². The molecular weight excluding hydrogens is 226 g/mol. The van der Waals surface area contributed by atoms with Crippen LogP contribution in [0.15, 0.2) is 30.5 Å². The maximum absolute atomic E-state index is 5.70. The number of ether oxygens (including phenoxy) is 1. The van der Waals surface area contributed by atoms with Crippen LogP contribution in [-0.2, 0) is 4.74 Å². The van der Waals surface area contributed by atoms with Crippen LogP contribution in [0.5, 0.6) is 0 Å². The zero-order valence-electron chi connectivity index (χ0n) is 10.5. The van der Waals surface area contributed by atoms with Crippen molar-refractivity contribution in [2.24, 2.45) is 0 Å². The number of benzene rings is 1. The van der Waals surface area contributed by atoms with Crippen molar-refractivity contribution >= 4 is 16.6 Å². The largest absolute Gasteiger partial charge is 0.378 e. The van der Waals surface area contributed by atoms with Crippen LogP contribution in [0.2, 0.25) is 0 Å². The van der Waals surface area contributed by atoms with E-state index < -0.39 is 0 Å². The fraction of sp³-hybridized carbons (Fsp3) is 0.429. The highest BCUT2D eigenvalue weighted by Crippen LogP contribution is 2.23. The van der Waals surface area contributed by atoms with E-state index >= 15 is 0 Å². The monoisotopic (exact) mass is 243 g/mol. The highest BCUT2D eigenvalue weighted by molar-refractivity contribution is 5.90. The van der Waals surface area contributed by atoms with Gasteiger partial charge in [0, 0.05) is 18.0 Å². The molecule has 3 rings (SSSR count). The zero-order valence-corrected chi connectivity index (χ0v) is 10.5. The molecule has 2 atom stereocenters. The molecule has 4 heteroatoms. The lowest BCUT2D eigenvalue weighted by atomic mass is 10.1. The van der Waals surface area contributed by atoms with Crippen molar-refractivity contribution in [2.75, 3.05) is 11.9 Å². The van der Waals surface area contributed by atoms with E-state index in [9.17, 15) is 0 Å². The Balaban J connectivity index is 1.85. The average Bonchev–Trinajstić information content (AvgIpc) is 2.93.